The van der Waals surface area contributed by atoms with Gasteiger partial charge >= 0.3 is 11.9 Å². The average molecular weight is 374 g/mol. The number of alkyl halides is 3. The molecule has 0 fully saturated rings. The third-order valence-electron chi connectivity index (χ3n) is 3.30. The van der Waals surface area contributed by atoms with Crippen LogP contribution in [-0.2, 0) is 17.8 Å². The lowest BCUT2D eigenvalue weighted by Crippen LogP contribution is -2.38. The molecule has 2 rings (SSSR count). The Balaban J connectivity index is 1.98. The Kier molecular flexibility index (Phi) is 6.29. The van der Waals surface area contributed by atoms with Gasteiger partial charge in [0.2, 0.25) is 5.91 Å². The Morgan fingerprint density at radius 3 is 2.68 bits per heavy atom. The van der Waals surface area contributed by atoms with Crippen LogP contribution in [0.4, 0.5) is 13.2 Å². The molecule has 0 spiro atoms. The standard InChI is InChI=1S/C15H17F3N4O2S/c1-10(12(23)19-9-15(16,17)18)25-14-21-20-13(24)22(14)8-7-11-5-3-2-4-6-11/h2-6,10H,7-9H2,1H3,(H,19,23)(H,20,24)/t10-/m1/s1. The van der Waals surface area contributed by atoms with E-state index < -0.39 is 29.6 Å². The summed E-state index contributed by atoms with van der Waals surface area (Å²) in [6, 6.07) is 9.50. The molecule has 0 aliphatic heterocycles. The first-order valence-electron chi connectivity index (χ1n) is 7.46. The number of rotatable bonds is 7. The summed E-state index contributed by atoms with van der Waals surface area (Å²) in [7, 11) is 0. The number of nitrogens with one attached hydrogen (secondary N) is 2. The van der Waals surface area contributed by atoms with Gasteiger partial charge < -0.3 is 5.32 Å². The number of amides is 1. The molecule has 0 bridgehead atoms. The minimum absolute atomic E-state index is 0.260. The number of thioether (sulfide) groups is 1. The quantitative estimate of drug-likeness (QED) is 0.727. The van der Waals surface area contributed by atoms with Crippen molar-refractivity contribution in [3.05, 3.63) is 46.4 Å². The minimum atomic E-state index is -4.47. The van der Waals surface area contributed by atoms with E-state index in [0.717, 1.165) is 17.3 Å². The lowest BCUT2D eigenvalue weighted by Gasteiger charge is -2.13. The van der Waals surface area contributed by atoms with Crippen molar-refractivity contribution >= 4 is 17.7 Å². The van der Waals surface area contributed by atoms with E-state index in [1.165, 1.54) is 11.5 Å². The maximum Gasteiger partial charge on any atom is 0.405 e. The van der Waals surface area contributed by atoms with E-state index >= 15 is 0 Å². The van der Waals surface area contributed by atoms with E-state index in [4.69, 9.17) is 0 Å². The lowest BCUT2D eigenvalue weighted by atomic mass is 10.1. The number of carbonyl (C=O) groups is 1. The molecule has 10 heteroatoms. The maximum atomic E-state index is 12.2. The third kappa shape index (κ3) is 5.96. The highest BCUT2D eigenvalue weighted by molar-refractivity contribution is 8.00. The number of hydrogen-bond acceptors (Lipinski definition) is 4. The molecule has 1 atom stereocenters. The number of aryl methyl sites for hydroxylation is 1. The predicted molar refractivity (Wildman–Crippen MR) is 87.4 cm³/mol. The van der Waals surface area contributed by atoms with Crippen LogP contribution in [-0.4, -0.2) is 38.6 Å². The number of halogens is 3. The summed E-state index contributed by atoms with van der Waals surface area (Å²) < 4.78 is 37.8. The molecule has 136 valence electrons. The molecular weight excluding hydrogens is 357 g/mol. The normalized spacial score (nSPS) is 12.8. The van der Waals surface area contributed by atoms with Crippen LogP contribution >= 0.6 is 11.8 Å². The van der Waals surface area contributed by atoms with Crippen molar-refractivity contribution in [1.29, 1.82) is 0 Å². The van der Waals surface area contributed by atoms with Crippen molar-refractivity contribution in [2.45, 2.75) is 36.5 Å². The van der Waals surface area contributed by atoms with E-state index in [1.807, 2.05) is 35.6 Å². The van der Waals surface area contributed by atoms with Crippen LogP contribution in [0.1, 0.15) is 12.5 Å². The molecule has 0 aliphatic carbocycles. The van der Waals surface area contributed by atoms with E-state index in [1.54, 1.807) is 0 Å². The van der Waals surface area contributed by atoms with E-state index in [9.17, 15) is 22.8 Å². The van der Waals surface area contributed by atoms with Gasteiger partial charge in [0, 0.05) is 6.54 Å². The van der Waals surface area contributed by atoms with Crippen LogP contribution < -0.4 is 11.0 Å². The molecular formula is C15H17F3N4O2S. The van der Waals surface area contributed by atoms with Crippen molar-refractivity contribution in [2.75, 3.05) is 6.54 Å². The Hall–Kier alpha value is -2.23. The summed E-state index contributed by atoms with van der Waals surface area (Å²) >= 11 is 0.926. The fourth-order valence-corrected chi connectivity index (χ4v) is 2.93. The molecule has 2 N–H and O–H groups in total. The van der Waals surface area contributed by atoms with Gasteiger partial charge in [-0.3, -0.25) is 9.36 Å². The predicted octanol–water partition coefficient (Wildman–Crippen LogP) is 1.97. The Morgan fingerprint density at radius 1 is 1.36 bits per heavy atom. The van der Waals surface area contributed by atoms with Crippen LogP contribution in [0.15, 0.2) is 40.3 Å². The average Bonchev–Trinajstić information content (AvgIpc) is 2.90. The van der Waals surface area contributed by atoms with E-state index in [2.05, 4.69) is 10.2 Å². The van der Waals surface area contributed by atoms with Crippen molar-refractivity contribution < 1.29 is 18.0 Å². The monoisotopic (exact) mass is 374 g/mol. The van der Waals surface area contributed by atoms with Gasteiger partial charge in [0.15, 0.2) is 5.16 Å². The van der Waals surface area contributed by atoms with Gasteiger partial charge in [-0.25, -0.2) is 9.89 Å². The van der Waals surface area contributed by atoms with Crippen LogP contribution in [0.5, 0.6) is 0 Å². The second-order valence-electron chi connectivity index (χ2n) is 5.29. The van der Waals surface area contributed by atoms with E-state index in [0.29, 0.717) is 13.0 Å². The minimum Gasteiger partial charge on any atom is -0.346 e. The second kappa shape index (κ2) is 8.24. The van der Waals surface area contributed by atoms with E-state index in [-0.39, 0.29) is 5.16 Å². The molecule has 0 saturated carbocycles. The Labute approximate surface area is 145 Å². The summed E-state index contributed by atoms with van der Waals surface area (Å²) in [5.74, 6) is -0.771. The molecule has 0 radical (unpaired) electrons. The zero-order valence-corrected chi connectivity index (χ0v) is 14.2. The molecule has 6 nitrogen and oxygen atoms in total. The highest BCUT2D eigenvalue weighted by Gasteiger charge is 2.29. The van der Waals surface area contributed by atoms with Crippen molar-refractivity contribution in [2.24, 2.45) is 0 Å². The number of nitrogens with zero attached hydrogens (tertiary/aromatic N) is 2. The lowest BCUT2D eigenvalue weighted by molar-refractivity contribution is -0.137. The van der Waals surface area contributed by atoms with Crippen molar-refractivity contribution in [3.8, 4) is 0 Å². The molecule has 1 amide bonds. The molecule has 2 aromatic rings. The van der Waals surface area contributed by atoms with Crippen LogP contribution in [0.25, 0.3) is 0 Å². The number of carbonyl (C=O) groups excluding carboxylic acids is 1. The summed E-state index contributed by atoms with van der Waals surface area (Å²) in [5, 5.41) is 7.39. The van der Waals surface area contributed by atoms with Crippen LogP contribution in [0.3, 0.4) is 0 Å². The SMILES string of the molecule is C[C@@H](Sc1n[nH]c(=O)n1CCc1ccccc1)C(=O)NCC(F)(F)F. The highest BCUT2D eigenvalue weighted by atomic mass is 32.2. The molecule has 0 unspecified atom stereocenters. The molecule has 0 aliphatic rings. The molecule has 0 saturated heterocycles. The number of aromatic nitrogens is 3. The number of H-pyrrole nitrogens is 1. The van der Waals surface area contributed by atoms with Gasteiger partial charge in [-0.2, -0.15) is 13.2 Å². The zero-order chi connectivity index (χ0) is 18.4. The summed E-state index contributed by atoms with van der Waals surface area (Å²) in [4.78, 5) is 23.6. The highest BCUT2D eigenvalue weighted by Crippen LogP contribution is 2.21. The number of aromatic amines is 1. The van der Waals surface area contributed by atoms with Gasteiger partial charge in [-0.15, -0.1) is 5.10 Å². The molecule has 1 heterocycles. The molecule has 1 aromatic carbocycles. The van der Waals surface area contributed by atoms with Crippen molar-refractivity contribution in [3.63, 3.8) is 0 Å². The number of benzene rings is 1. The van der Waals surface area contributed by atoms with Gasteiger partial charge in [0.05, 0.1) is 5.25 Å². The molecule has 25 heavy (non-hydrogen) atoms. The second-order valence-corrected chi connectivity index (χ2v) is 6.60. The fraction of sp³-hybridized carbons (Fsp3) is 0.400. The van der Waals surface area contributed by atoms with Crippen molar-refractivity contribution in [1.82, 2.24) is 20.1 Å². The maximum absolute atomic E-state index is 12.2. The smallest absolute Gasteiger partial charge is 0.346 e. The Morgan fingerprint density at radius 2 is 2.04 bits per heavy atom. The summed E-state index contributed by atoms with van der Waals surface area (Å²) in [6.45, 7) is 0.410. The first-order valence-corrected chi connectivity index (χ1v) is 8.34. The summed E-state index contributed by atoms with van der Waals surface area (Å²) in [5.41, 5.74) is 0.601. The Bertz CT molecular complexity index is 758. The largest absolute Gasteiger partial charge is 0.405 e. The first kappa shape index (κ1) is 19.1. The summed E-state index contributed by atoms with van der Waals surface area (Å²) in [6.07, 6.45) is -3.88. The fourth-order valence-electron chi connectivity index (χ4n) is 2.02. The zero-order valence-electron chi connectivity index (χ0n) is 13.3. The van der Waals surface area contributed by atoms with Gasteiger partial charge in [0.1, 0.15) is 6.54 Å². The number of hydrogen-bond donors (Lipinski definition) is 2. The molecule has 1 aromatic heterocycles. The van der Waals surface area contributed by atoms with Gasteiger partial charge in [-0.05, 0) is 18.9 Å². The van der Waals surface area contributed by atoms with Gasteiger partial charge in [0.25, 0.3) is 0 Å². The van der Waals surface area contributed by atoms with Crippen LogP contribution in [0, 0.1) is 0 Å². The van der Waals surface area contributed by atoms with Crippen LogP contribution in [0.2, 0.25) is 0 Å². The third-order valence-corrected chi connectivity index (χ3v) is 4.39. The topological polar surface area (TPSA) is 79.8 Å². The van der Waals surface area contributed by atoms with Gasteiger partial charge in [-0.1, -0.05) is 42.1 Å². The first-order chi connectivity index (χ1) is 11.8.